The Morgan fingerprint density at radius 1 is 1.35 bits per heavy atom. The van der Waals surface area contributed by atoms with E-state index >= 15 is 0 Å². The summed E-state index contributed by atoms with van der Waals surface area (Å²) in [6, 6.07) is 5.99. The maximum absolute atomic E-state index is 12.2. The average Bonchev–Trinajstić information content (AvgIpc) is 2.45. The van der Waals surface area contributed by atoms with Gasteiger partial charge in [-0.2, -0.15) is 0 Å². The van der Waals surface area contributed by atoms with Gasteiger partial charge in [0.2, 0.25) is 0 Å². The number of ether oxygens (including phenoxy) is 2. The Labute approximate surface area is 138 Å². The molecular weight excluding hydrogens is 292 g/mol. The number of carbonyl (C=O) groups excluding carboxylic acids is 1. The molecule has 0 unspecified atom stereocenters. The predicted octanol–water partition coefficient (Wildman–Crippen LogP) is 3.06. The lowest BCUT2D eigenvalue weighted by Gasteiger charge is -2.38. The summed E-state index contributed by atoms with van der Waals surface area (Å²) in [4.78, 5) is 13.9. The fourth-order valence-electron chi connectivity index (χ4n) is 3.05. The third-order valence-corrected chi connectivity index (χ3v) is 4.19. The number of carbonyl (C=O) groups is 1. The summed E-state index contributed by atoms with van der Waals surface area (Å²) in [5.41, 5.74) is 8.29. The van der Waals surface area contributed by atoms with Crippen LogP contribution in [-0.4, -0.2) is 42.8 Å². The molecule has 1 heterocycles. The third-order valence-electron chi connectivity index (χ3n) is 4.19. The van der Waals surface area contributed by atoms with E-state index in [-0.39, 0.29) is 18.1 Å². The Morgan fingerprint density at radius 3 is 2.57 bits per heavy atom. The van der Waals surface area contributed by atoms with Crippen LogP contribution < -0.4 is 10.5 Å². The molecule has 1 aromatic rings. The molecule has 0 bridgehead atoms. The second-order valence-corrected chi connectivity index (χ2v) is 7.21. The number of methoxy groups -OCH3 is 1. The minimum atomic E-state index is -0.482. The van der Waals surface area contributed by atoms with Crippen molar-refractivity contribution in [1.82, 2.24) is 4.90 Å². The summed E-state index contributed by atoms with van der Waals surface area (Å²) < 4.78 is 10.7. The molecule has 1 saturated heterocycles. The maximum Gasteiger partial charge on any atom is 0.410 e. The zero-order valence-corrected chi connectivity index (χ0v) is 14.8. The fraction of sp³-hybridized carbons (Fsp3) is 0.611. The molecule has 2 atom stereocenters. The van der Waals surface area contributed by atoms with E-state index in [0.717, 1.165) is 12.2 Å². The van der Waals surface area contributed by atoms with E-state index in [1.54, 1.807) is 12.0 Å². The Balaban J connectivity index is 2.06. The molecule has 1 aromatic carbocycles. The molecule has 1 aliphatic rings. The highest BCUT2D eigenvalue weighted by molar-refractivity contribution is 5.68. The van der Waals surface area contributed by atoms with Crippen LogP contribution in [0.5, 0.6) is 5.75 Å². The highest BCUT2D eigenvalue weighted by atomic mass is 16.6. The Hall–Kier alpha value is -1.75. The highest BCUT2D eigenvalue weighted by Gasteiger charge is 2.32. The number of nitrogens with zero attached hydrogens (tertiary/aromatic N) is 1. The van der Waals surface area contributed by atoms with Crippen molar-refractivity contribution in [1.29, 1.82) is 0 Å². The first-order valence-electron chi connectivity index (χ1n) is 8.09. The molecule has 2 rings (SSSR count). The fourth-order valence-corrected chi connectivity index (χ4v) is 3.05. The van der Waals surface area contributed by atoms with Crippen molar-refractivity contribution in [3.8, 4) is 5.75 Å². The summed E-state index contributed by atoms with van der Waals surface area (Å²) in [7, 11) is 1.67. The zero-order chi connectivity index (χ0) is 17.2. The van der Waals surface area contributed by atoms with E-state index in [0.29, 0.717) is 13.1 Å². The van der Waals surface area contributed by atoms with Gasteiger partial charge in [0.15, 0.2) is 0 Å². The maximum atomic E-state index is 12.2. The number of hydrogen-bond donors (Lipinski definition) is 1. The van der Waals surface area contributed by atoms with E-state index in [1.165, 1.54) is 11.1 Å². The Bertz CT molecular complexity index is 566. The van der Waals surface area contributed by atoms with Gasteiger partial charge < -0.3 is 20.1 Å². The SMILES string of the molecule is COc1ccc([C@H]2CCN(C(=O)OC(C)(C)C)C[C@@H]2N)c(C)c1. The molecule has 0 aromatic heterocycles. The molecule has 1 amide bonds. The number of piperidine rings is 1. The van der Waals surface area contributed by atoms with Crippen molar-refractivity contribution in [3.05, 3.63) is 29.3 Å². The van der Waals surface area contributed by atoms with Crippen molar-refractivity contribution in [2.45, 2.75) is 51.7 Å². The van der Waals surface area contributed by atoms with Gasteiger partial charge in [-0.1, -0.05) is 6.07 Å². The monoisotopic (exact) mass is 320 g/mol. The van der Waals surface area contributed by atoms with Crippen molar-refractivity contribution in [2.75, 3.05) is 20.2 Å². The third kappa shape index (κ3) is 4.38. The van der Waals surface area contributed by atoms with Gasteiger partial charge in [-0.05, 0) is 57.4 Å². The second-order valence-electron chi connectivity index (χ2n) is 7.21. The van der Waals surface area contributed by atoms with E-state index in [2.05, 4.69) is 13.0 Å². The molecular formula is C18H28N2O3. The van der Waals surface area contributed by atoms with Crippen molar-refractivity contribution >= 4 is 6.09 Å². The number of hydrogen-bond acceptors (Lipinski definition) is 4. The van der Waals surface area contributed by atoms with Gasteiger partial charge in [0, 0.05) is 25.0 Å². The number of nitrogens with two attached hydrogens (primary N) is 1. The van der Waals surface area contributed by atoms with Crippen LogP contribution in [0, 0.1) is 6.92 Å². The lowest BCUT2D eigenvalue weighted by atomic mass is 9.83. The molecule has 1 fully saturated rings. The zero-order valence-electron chi connectivity index (χ0n) is 14.8. The lowest BCUT2D eigenvalue weighted by molar-refractivity contribution is 0.0186. The normalized spacial score (nSPS) is 21.9. The van der Waals surface area contributed by atoms with Crippen LogP contribution in [0.3, 0.4) is 0 Å². The van der Waals surface area contributed by atoms with Crippen LogP contribution in [0.1, 0.15) is 44.2 Å². The van der Waals surface area contributed by atoms with Crippen molar-refractivity contribution in [3.63, 3.8) is 0 Å². The van der Waals surface area contributed by atoms with E-state index in [1.807, 2.05) is 32.9 Å². The topological polar surface area (TPSA) is 64.8 Å². The smallest absolute Gasteiger partial charge is 0.410 e. The molecule has 23 heavy (non-hydrogen) atoms. The van der Waals surface area contributed by atoms with Gasteiger partial charge in [0.1, 0.15) is 11.4 Å². The summed E-state index contributed by atoms with van der Waals surface area (Å²) >= 11 is 0. The van der Waals surface area contributed by atoms with Gasteiger partial charge in [-0.3, -0.25) is 0 Å². The minimum Gasteiger partial charge on any atom is -0.497 e. The molecule has 1 aliphatic heterocycles. The average molecular weight is 320 g/mol. The van der Waals surface area contributed by atoms with E-state index in [9.17, 15) is 4.79 Å². The van der Waals surface area contributed by atoms with E-state index < -0.39 is 5.60 Å². The first-order chi connectivity index (χ1) is 10.7. The van der Waals surface area contributed by atoms with Crippen LogP contribution >= 0.6 is 0 Å². The number of rotatable bonds is 2. The Morgan fingerprint density at radius 2 is 2.04 bits per heavy atom. The highest BCUT2D eigenvalue weighted by Crippen LogP contribution is 2.31. The van der Waals surface area contributed by atoms with E-state index in [4.69, 9.17) is 15.2 Å². The van der Waals surface area contributed by atoms with Gasteiger partial charge in [-0.15, -0.1) is 0 Å². The van der Waals surface area contributed by atoms with Gasteiger partial charge in [-0.25, -0.2) is 4.79 Å². The molecule has 0 radical (unpaired) electrons. The number of amides is 1. The Kier molecular flexibility index (Phi) is 5.19. The molecule has 2 N–H and O–H groups in total. The van der Waals surface area contributed by atoms with Crippen LogP contribution in [0.2, 0.25) is 0 Å². The lowest BCUT2D eigenvalue weighted by Crippen LogP contribution is -2.50. The number of aryl methyl sites for hydroxylation is 1. The number of likely N-dealkylation sites (tertiary alicyclic amines) is 1. The first-order valence-corrected chi connectivity index (χ1v) is 8.09. The molecule has 5 nitrogen and oxygen atoms in total. The van der Waals surface area contributed by atoms with Gasteiger partial charge >= 0.3 is 6.09 Å². The number of benzene rings is 1. The molecule has 128 valence electrons. The largest absolute Gasteiger partial charge is 0.497 e. The predicted molar refractivity (Wildman–Crippen MR) is 90.9 cm³/mol. The summed E-state index contributed by atoms with van der Waals surface area (Å²) in [6.45, 7) is 8.88. The molecule has 5 heteroatoms. The van der Waals surface area contributed by atoms with Crippen LogP contribution in [-0.2, 0) is 4.74 Å². The molecule has 0 saturated carbocycles. The summed E-state index contributed by atoms with van der Waals surface area (Å²) in [6.07, 6.45) is 0.561. The van der Waals surface area contributed by atoms with Crippen LogP contribution in [0.25, 0.3) is 0 Å². The second kappa shape index (κ2) is 6.79. The van der Waals surface area contributed by atoms with Crippen molar-refractivity contribution in [2.24, 2.45) is 5.73 Å². The first kappa shape index (κ1) is 17.6. The summed E-state index contributed by atoms with van der Waals surface area (Å²) in [5.74, 6) is 1.10. The van der Waals surface area contributed by atoms with Crippen LogP contribution in [0.15, 0.2) is 18.2 Å². The van der Waals surface area contributed by atoms with Gasteiger partial charge in [0.25, 0.3) is 0 Å². The summed E-state index contributed by atoms with van der Waals surface area (Å²) in [5, 5.41) is 0. The van der Waals surface area contributed by atoms with Gasteiger partial charge in [0.05, 0.1) is 7.11 Å². The standard InChI is InChI=1S/C18H28N2O3/c1-12-10-13(22-5)6-7-14(12)15-8-9-20(11-16(15)19)17(21)23-18(2,3)4/h6-7,10,15-16H,8-9,11,19H2,1-5H3/t15-,16+/m1/s1. The quantitative estimate of drug-likeness (QED) is 0.909. The van der Waals surface area contributed by atoms with Crippen molar-refractivity contribution < 1.29 is 14.3 Å². The minimum absolute atomic E-state index is 0.0941. The van der Waals surface area contributed by atoms with Crippen LogP contribution in [0.4, 0.5) is 4.79 Å². The molecule has 0 aliphatic carbocycles. The molecule has 0 spiro atoms.